The number of hydrogen-bond donors (Lipinski definition) is 3. The van der Waals surface area contributed by atoms with Crippen molar-refractivity contribution in [2.45, 2.75) is 20.4 Å². The third-order valence-corrected chi connectivity index (χ3v) is 3.94. The molecule has 0 aliphatic carbocycles. The number of carbonyl (C=O) groups is 1. The number of nitrogens with two attached hydrogens (primary N) is 2. The van der Waals surface area contributed by atoms with Crippen molar-refractivity contribution in [1.82, 2.24) is 4.98 Å². The maximum atomic E-state index is 9.18. The lowest BCUT2D eigenvalue weighted by atomic mass is 10.2. The van der Waals surface area contributed by atoms with Crippen LogP contribution in [0.25, 0.3) is 10.6 Å². The summed E-state index contributed by atoms with van der Waals surface area (Å²) in [6, 6.07) is 9.89. The molecule has 0 aliphatic rings. The fourth-order valence-electron chi connectivity index (χ4n) is 1.77. The predicted octanol–water partition coefficient (Wildman–Crippen LogP) is 2.68. The molecule has 128 valence electrons. The molecule has 0 aliphatic heterocycles. The van der Waals surface area contributed by atoms with E-state index >= 15 is 0 Å². The van der Waals surface area contributed by atoms with E-state index in [0.717, 1.165) is 21.1 Å². The van der Waals surface area contributed by atoms with Gasteiger partial charge in [0.2, 0.25) is 0 Å². The lowest BCUT2D eigenvalue weighted by Gasteiger charge is -1.97. The fraction of sp³-hybridized carbons (Fsp3) is 0.235. The zero-order valence-electron chi connectivity index (χ0n) is 13.8. The molecule has 0 saturated carbocycles. The molecule has 24 heavy (non-hydrogen) atoms. The highest BCUT2D eigenvalue weighted by molar-refractivity contribution is 7.17. The average molecular weight is 346 g/mol. The van der Waals surface area contributed by atoms with E-state index in [1.54, 1.807) is 19.9 Å². The van der Waals surface area contributed by atoms with Gasteiger partial charge < -0.3 is 16.2 Å². The molecule has 2 rings (SSSR count). The van der Waals surface area contributed by atoms with Gasteiger partial charge >= 0.3 is 0 Å². The van der Waals surface area contributed by atoms with Crippen LogP contribution in [0, 0.1) is 5.41 Å². The Morgan fingerprint density at radius 3 is 2.50 bits per heavy atom. The molecule has 5 N–H and O–H groups in total. The highest BCUT2D eigenvalue weighted by atomic mass is 32.1. The lowest BCUT2D eigenvalue weighted by molar-refractivity contribution is -0.128. The molecule has 0 radical (unpaired) electrons. The number of ether oxygens (including phenoxy) is 1. The minimum atomic E-state index is 0.318. The summed E-state index contributed by atoms with van der Waals surface area (Å²) in [6.45, 7) is 4.74. The molecule has 2 aromatic rings. The quantitative estimate of drug-likeness (QED) is 0.549. The zero-order chi connectivity index (χ0) is 17.9. The Morgan fingerprint density at radius 2 is 2.04 bits per heavy atom. The van der Waals surface area contributed by atoms with Crippen LogP contribution in [0.5, 0.6) is 0 Å². The van der Waals surface area contributed by atoms with Crippen LogP contribution < -0.4 is 11.5 Å². The average Bonchev–Trinajstić information content (AvgIpc) is 3.01. The van der Waals surface area contributed by atoms with Crippen molar-refractivity contribution in [3.8, 4) is 10.6 Å². The molecule has 1 aromatic carbocycles. The van der Waals surface area contributed by atoms with Crippen molar-refractivity contribution in [3.05, 3.63) is 52.7 Å². The molecule has 1 heterocycles. The molecule has 0 amide bonds. The number of nitrogens with one attached hydrogen (secondary N) is 1. The molecule has 0 atom stereocenters. The number of hydrogen-bond acceptors (Lipinski definition) is 7. The van der Waals surface area contributed by atoms with Gasteiger partial charge in [0.05, 0.1) is 22.9 Å². The molecule has 0 saturated heterocycles. The first-order valence-corrected chi connectivity index (χ1v) is 8.18. The summed E-state index contributed by atoms with van der Waals surface area (Å²) in [5.41, 5.74) is 14.1. The highest BCUT2D eigenvalue weighted by Crippen LogP contribution is 2.28. The number of rotatable bonds is 6. The second-order valence-electron chi connectivity index (χ2n) is 4.72. The third-order valence-electron chi connectivity index (χ3n) is 2.76. The normalized spacial score (nSPS) is 10.5. The third kappa shape index (κ3) is 5.94. The van der Waals surface area contributed by atoms with Gasteiger partial charge in [-0.3, -0.25) is 10.2 Å². The number of benzene rings is 1. The minimum absolute atomic E-state index is 0.318. The van der Waals surface area contributed by atoms with Crippen LogP contribution in [-0.4, -0.2) is 23.8 Å². The SMILES string of the molecule is C/C(N)=C/C(=N)c1sc(-c2ccccc2)nc1CN.CCOC=O. The summed E-state index contributed by atoms with van der Waals surface area (Å²) in [6.07, 6.45) is 1.63. The van der Waals surface area contributed by atoms with E-state index in [0.29, 0.717) is 31.0 Å². The van der Waals surface area contributed by atoms with Crippen LogP contribution in [0.2, 0.25) is 0 Å². The molecule has 0 unspecified atom stereocenters. The van der Waals surface area contributed by atoms with Gasteiger partial charge in [0.1, 0.15) is 5.01 Å². The van der Waals surface area contributed by atoms with Crippen molar-refractivity contribution in [3.63, 3.8) is 0 Å². The molecular weight excluding hydrogens is 324 g/mol. The van der Waals surface area contributed by atoms with Crippen LogP contribution >= 0.6 is 11.3 Å². The Labute approximate surface area is 145 Å². The van der Waals surface area contributed by atoms with Crippen molar-refractivity contribution < 1.29 is 9.53 Å². The monoisotopic (exact) mass is 346 g/mol. The number of thiazole rings is 1. The Morgan fingerprint density at radius 1 is 1.38 bits per heavy atom. The Bertz CT molecular complexity index is 692. The topological polar surface area (TPSA) is 115 Å². The van der Waals surface area contributed by atoms with E-state index in [1.165, 1.54) is 11.3 Å². The molecular formula is C17H22N4O2S. The standard InChI is InChI=1S/C14H16N4S.C3H6O2/c1-9(16)7-11(17)13-12(8-15)18-14(19-13)10-5-3-2-4-6-10;1-2-5-3-4/h2-7,17H,8,15-16H2,1H3;3H,2H2,1H3/b9-7-,17-11?;. The summed E-state index contributed by atoms with van der Waals surface area (Å²) < 4.78 is 4.15. The molecule has 1 aromatic heterocycles. The van der Waals surface area contributed by atoms with E-state index in [4.69, 9.17) is 16.9 Å². The number of allylic oxidation sites excluding steroid dienone is 2. The fourth-order valence-corrected chi connectivity index (χ4v) is 2.78. The second-order valence-corrected chi connectivity index (χ2v) is 5.72. The zero-order valence-corrected chi connectivity index (χ0v) is 14.6. The van der Waals surface area contributed by atoms with Crippen LogP contribution in [0.1, 0.15) is 24.4 Å². The number of nitrogens with zero attached hydrogens (tertiary/aromatic N) is 1. The van der Waals surface area contributed by atoms with Crippen LogP contribution in [0.3, 0.4) is 0 Å². The van der Waals surface area contributed by atoms with Gasteiger partial charge in [-0.25, -0.2) is 4.98 Å². The van der Waals surface area contributed by atoms with Crippen molar-refractivity contribution in [1.29, 1.82) is 5.41 Å². The first-order chi connectivity index (χ1) is 11.5. The van der Waals surface area contributed by atoms with E-state index in [2.05, 4.69) is 9.72 Å². The summed E-state index contributed by atoms with van der Waals surface area (Å²) in [4.78, 5) is 14.5. The van der Waals surface area contributed by atoms with Gasteiger partial charge in [-0.05, 0) is 19.9 Å². The van der Waals surface area contributed by atoms with E-state index in [9.17, 15) is 4.79 Å². The van der Waals surface area contributed by atoms with Crippen LogP contribution in [0.15, 0.2) is 42.1 Å². The predicted molar refractivity (Wildman–Crippen MR) is 97.9 cm³/mol. The molecule has 0 bridgehead atoms. The van der Waals surface area contributed by atoms with Crippen molar-refractivity contribution in [2.75, 3.05) is 6.61 Å². The Balaban J connectivity index is 0.000000505. The smallest absolute Gasteiger partial charge is 0.293 e. The molecule has 6 nitrogen and oxygen atoms in total. The summed E-state index contributed by atoms with van der Waals surface area (Å²) in [5.74, 6) is 0. The van der Waals surface area contributed by atoms with Crippen molar-refractivity contribution in [2.24, 2.45) is 11.5 Å². The van der Waals surface area contributed by atoms with Gasteiger partial charge in [-0.1, -0.05) is 30.3 Å². The maximum absolute atomic E-state index is 9.18. The number of carbonyl (C=O) groups excluding carboxylic acids is 1. The van der Waals surface area contributed by atoms with Gasteiger partial charge in [0.25, 0.3) is 6.47 Å². The van der Waals surface area contributed by atoms with Crippen LogP contribution in [0.4, 0.5) is 0 Å². The minimum Gasteiger partial charge on any atom is -0.468 e. The number of aromatic nitrogens is 1. The summed E-state index contributed by atoms with van der Waals surface area (Å²) >= 11 is 1.47. The summed E-state index contributed by atoms with van der Waals surface area (Å²) in [7, 11) is 0. The highest BCUT2D eigenvalue weighted by Gasteiger charge is 2.14. The second kappa shape index (κ2) is 10.3. The van der Waals surface area contributed by atoms with E-state index < -0.39 is 0 Å². The molecule has 0 spiro atoms. The van der Waals surface area contributed by atoms with Crippen molar-refractivity contribution >= 4 is 23.5 Å². The molecule has 7 heteroatoms. The first kappa shape index (κ1) is 19.5. The summed E-state index contributed by atoms with van der Waals surface area (Å²) in [5, 5.41) is 8.92. The van der Waals surface area contributed by atoms with E-state index in [1.807, 2.05) is 30.3 Å². The molecule has 0 fully saturated rings. The largest absolute Gasteiger partial charge is 0.468 e. The van der Waals surface area contributed by atoms with Gasteiger partial charge in [0, 0.05) is 17.8 Å². The Kier molecular flexibility index (Phi) is 8.38. The van der Waals surface area contributed by atoms with Gasteiger partial charge in [0.15, 0.2) is 0 Å². The van der Waals surface area contributed by atoms with Crippen LogP contribution in [-0.2, 0) is 16.1 Å². The van der Waals surface area contributed by atoms with E-state index in [-0.39, 0.29) is 0 Å². The van der Waals surface area contributed by atoms with Gasteiger partial charge in [-0.15, -0.1) is 11.3 Å². The lowest BCUT2D eigenvalue weighted by Crippen LogP contribution is -2.05. The first-order valence-electron chi connectivity index (χ1n) is 7.36. The Hall–Kier alpha value is -2.51. The van der Waals surface area contributed by atoms with Gasteiger partial charge in [-0.2, -0.15) is 0 Å². The maximum Gasteiger partial charge on any atom is 0.293 e.